The lowest BCUT2D eigenvalue weighted by Crippen LogP contribution is -2.38. The van der Waals surface area contributed by atoms with Crippen molar-refractivity contribution >= 4 is 5.97 Å². The summed E-state index contributed by atoms with van der Waals surface area (Å²) in [6, 6.07) is 8.20. The van der Waals surface area contributed by atoms with E-state index in [4.69, 9.17) is 15.1 Å². The monoisotopic (exact) mass is 235 g/mol. The van der Waals surface area contributed by atoms with Gasteiger partial charge in [0, 0.05) is 0 Å². The first-order valence-electron chi connectivity index (χ1n) is 5.16. The molecule has 1 aromatic rings. The molecule has 0 saturated carbocycles. The van der Waals surface area contributed by atoms with Crippen molar-refractivity contribution in [3.63, 3.8) is 0 Å². The number of nitrogens with zero attached hydrogens (tertiary/aromatic N) is 1. The number of carboxylic acid groups (broad SMARTS) is 1. The number of carboxylic acids is 1. The van der Waals surface area contributed by atoms with Crippen molar-refractivity contribution in [2.75, 3.05) is 0 Å². The minimum absolute atomic E-state index is 0.162. The maximum absolute atomic E-state index is 10.9. The quantitative estimate of drug-likeness (QED) is 0.799. The predicted octanol–water partition coefficient (Wildman–Crippen LogP) is 1.16. The van der Waals surface area contributed by atoms with Crippen LogP contribution in [0.3, 0.4) is 0 Å². The first-order valence-corrected chi connectivity index (χ1v) is 5.16. The molecule has 5 heteroatoms. The first kappa shape index (κ1) is 13.0. The maximum atomic E-state index is 10.9. The van der Waals surface area contributed by atoms with Gasteiger partial charge in [0.2, 0.25) is 6.10 Å². The molecule has 5 nitrogen and oxygen atoms in total. The number of benzene rings is 1. The van der Waals surface area contributed by atoms with Gasteiger partial charge in [-0.25, -0.2) is 4.79 Å². The Morgan fingerprint density at radius 2 is 2.18 bits per heavy atom. The van der Waals surface area contributed by atoms with Crippen LogP contribution >= 0.6 is 0 Å². The summed E-state index contributed by atoms with van der Waals surface area (Å²) in [5.41, 5.74) is 0.238. The first-order chi connectivity index (χ1) is 8.10. The number of para-hydroxylation sites is 1. The van der Waals surface area contributed by atoms with Gasteiger partial charge in [-0.3, -0.25) is 0 Å². The summed E-state index contributed by atoms with van der Waals surface area (Å²) in [6.07, 6.45) is -2.22. The molecule has 0 radical (unpaired) electrons. The van der Waals surface area contributed by atoms with Crippen LogP contribution in [0, 0.1) is 11.3 Å². The van der Waals surface area contributed by atoms with E-state index in [1.165, 1.54) is 12.1 Å². The highest BCUT2D eigenvalue weighted by molar-refractivity contribution is 5.73. The van der Waals surface area contributed by atoms with E-state index in [0.717, 1.165) is 0 Å². The second-order valence-corrected chi connectivity index (χ2v) is 3.46. The highest BCUT2D eigenvalue weighted by Gasteiger charge is 2.27. The third kappa shape index (κ3) is 3.20. The van der Waals surface area contributed by atoms with Gasteiger partial charge in [-0.1, -0.05) is 19.1 Å². The summed E-state index contributed by atoms with van der Waals surface area (Å²) in [7, 11) is 0. The van der Waals surface area contributed by atoms with Crippen LogP contribution in [-0.4, -0.2) is 28.4 Å². The van der Waals surface area contributed by atoms with Crippen LogP contribution in [0.4, 0.5) is 0 Å². The summed E-state index contributed by atoms with van der Waals surface area (Å²) in [5.74, 6) is -1.10. The molecule has 0 heterocycles. The van der Waals surface area contributed by atoms with E-state index in [0.29, 0.717) is 0 Å². The number of nitriles is 1. The van der Waals surface area contributed by atoms with Crippen molar-refractivity contribution in [1.82, 2.24) is 0 Å². The molecule has 0 aliphatic heterocycles. The second-order valence-electron chi connectivity index (χ2n) is 3.46. The lowest BCUT2D eigenvalue weighted by atomic mass is 10.1. The van der Waals surface area contributed by atoms with E-state index in [1.54, 1.807) is 19.1 Å². The molecule has 0 aliphatic rings. The van der Waals surface area contributed by atoms with E-state index < -0.39 is 18.2 Å². The molecule has 90 valence electrons. The molecule has 0 bridgehead atoms. The molecular weight excluding hydrogens is 222 g/mol. The molecule has 0 amide bonds. The topological polar surface area (TPSA) is 90.5 Å². The molecule has 2 unspecified atom stereocenters. The molecule has 0 aliphatic carbocycles. The maximum Gasteiger partial charge on any atom is 0.347 e. The van der Waals surface area contributed by atoms with Crippen LogP contribution in [0.25, 0.3) is 0 Å². The van der Waals surface area contributed by atoms with Gasteiger partial charge >= 0.3 is 5.97 Å². The molecule has 0 saturated heterocycles. The summed E-state index contributed by atoms with van der Waals surface area (Å²) in [5, 5.41) is 27.3. The SMILES string of the molecule is CCC(O)C(Oc1ccccc1C#N)C(=O)O. The van der Waals surface area contributed by atoms with Crippen molar-refractivity contribution in [3.05, 3.63) is 29.8 Å². The van der Waals surface area contributed by atoms with Gasteiger partial charge in [0.15, 0.2) is 0 Å². The van der Waals surface area contributed by atoms with E-state index in [1.807, 2.05) is 6.07 Å². The predicted molar refractivity (Wildman–Crippen MR) is 59.5 cm³/mol. The average molecular weight is 235 g/mol. The normalized spacial score (nSPS) is 13.5. The van der Waals surface area contributed by atoms with Crippen molar-refractivity contribution in [1.29, 1.82) is 5.26 Å². The van der Waals surface area contributed by atoms with Gasteiger partial charge in [0.05, 0.1) is 5.56 Å². The Morgan fingerprint density at radius 3 is 2.71 bits per heavy atom. The Morgan fingerprint density at radius 1 is 1.53 bits per heavy atom. The number of rotatable bonds is 5. The number of aliphatic hydroxyl groups excluding tert-OH is 1. The van der Waals surface area contributed by atoms with Gasteiger partial charge in [-0.05, 0) is 18.6 Å². The standard InChI is InChI=1S/C12H13NO4/c1-2-9(14)11(12(15)16)17-10-6-4-3-5-8(10)7-13/h3-6,9,11,14H,2H2,1H3,(H,15,16). The molecule has 0 spiro atoms. The number of hydrogen-bond acceptors (Lipinski definition) is 4. The molecule has 17 heavy (non-hydrogen) atoms. The van der Waals surface area contributed by atoms with E-state index >= 15 is 0 Å². The fourth-order valence-corrected chi connectivity index (χ4v) is 1.31. The van der Waals surface area contributed by atoms with Crippen molar-refractivity contribution in [2.24, 2.45) is 0 Å². The molecule has 1 rings (SSSR count). The molecule has 2 atom stereocenters. The summed E-state index contributed by atoms with van der Waals surface area (Å²) in [6.45, 7) is 1.65. The van der Waals surface area contributed by atoms with Crippen LogP contribution in [0.1, 0.15) is 18.9 Å². The van der Waals surface area contributed by atoms with Crippen molar-refractivity contribution < 1.29 is 19.7 Å². The highest BCUT2D eigenvalue weighted by Crippen LogP contribution is 2.19. The van der Waals surface area contributed by atoms with Crippen LogP contribution in [0.5, 0.6) is 5.75 Å². The third-order valence-corrected chi connectivity index (χ3v) is 2.27. The Balaban J connectivity index is 2.94. The van der Waals surface area contributed by atoms with Gasteiger partial charge < -0.3 is 14.9 Å². The third-order valence-electron chi connectivity index (χ3n) is 2.27. The van der Waals surface area contributed by atoms with Gasteiger partial charge in [-0.2, -0.15) is 5.26 Å². The zero-order chi connectivity index (χ0) is 12.8. The Hall–Kier alpha value is -2.06. The van der Waals surface area contributed by atoms with Crippen molar-refractivity contribution in [3.8, 4) is 11.8 Å². The van der Waals surface area contributed by atoms with Crippen LogP contribution in [0.2, 0.25) is 0 Å². The fraction of sp³-hybridized carbons (Fsp3) is 0.333. The number of ether oxygens (including phenoxy) is 1. The van der Waals surface area contributed by atoms with E-state index in [2.05, 4.69) is 0 Å². The van der Waals surface area contributed by atoms with Crippen molar-refractivity contribution in [2.45, 2.75) is 25.6 Å². The molecule has 1 aromatic carbocycles. The Kier molecular flexibility index (Phi) is 4.49. The van der Waals surface area contributed by atoms with Crippen LogP contribution in [-0.2, 0) is 4.79 Å². The minimum Gasteiger partial charge on any atom is -0.478 e. The van der Waals surface area contributed by atoms with E-state index in [-0.39, 0.29) is 17.7 Å². The zero-order valence-corrected chi connectivity index (χ0v) is 9.33. The second kappa shape index (κ2) is 5.87. The zero-order valence-electron chi connectivity index (χ0n) is 9.33. The molecular formula is C12H13NO4. The fourth-order valence-electron chi connectivity index (χ4n) is 1.31. The minimum atomic E-state index is -1.37. The smallest absolute Gasteiger partial charge is 0.347 e. The average Bonchev–Trinajstić information content (AvgIpc) is 2.35. The largest absolute Gasteiger partial charge is 0.478 e. The lowest BCUT2D eigenvalue weighted by molar-refractivity contribution is -0.150. The number of carbonyl (C=O) groups is 1. The molecule has 0 aromatic heterocycles. The van der Waals surface area contributed by atoms with Gasteiger partial charge in [0.1, 0.15) is 17.9 Å². The Labute approximate surface area is 98.9 Å². The summed E-state index contributed by atoms with van der Waals surface area (Å²) in [4.78, 5) is 10.9. The van der Waals surface area contributed by atoms with Crippen LogP contribution < -0.4 is 4.74 Å². The van der Waals surface area contributed by atoms with Gasteiger partial charge in [0.25, 0.3) is 0 Å². The summed E-state index contributed by atoms with van der Waals surface area (Å²) >= 11 is 0. The molecule has 0 fully saturated rings. The number of aliphatic carboxylic acids is 1. The molecule has 2 N–H and O–H groups in total. The Bertz CT molecular complexity index is 438. The number of hydrogen-bond donors (Lipinski definition) is 2. The highest BCUT2D eigenvalue weighted by atomic mass is 16.5. The summed E-state index contributed by atoms with van der Waals surface area (Å²) < 4.78 is 5.18. The van der Waals surface area contributed by atoms with E-state index in [9.17, 15) is 9.90 Å². The van der Waals surface area contributed by atoms with Gasteiger partial charge in [-0.15, -0.1) is 0 Å². The lowest BCUT2D eigenvalue weighted by Gasteiger charge is -2.19. The van der Waals surface area contributed by atoms with Crippen LogP contribution in [0.15, 0.2) is 24.3 Å². The number of aliphatic hydroxyl groups is 1.